The summed E-state index contributed by atoms with van der Waals surface area (Å²) in [6.07, 6.45) is -0.115. The molecule has 4 aromatic carbocycles. The van der Waals surface area contributed by atoms with E-state index in [2.05, 4.69) is 5.10 Å². The van der Waals surface area contributed by atoms with E-state index < -0.39 is 31.6 Å². The van der Waals surface area contributed by atoms with Crippen LogP contribution in [0.4, 0.5) is 15.5 Å². The Bertz CT molecular complexity index is 2060. The number of hydrogen-bond donors (Lipinski definition) is 1. The minimum absolute atomic E-state index is 0.0984. The molecule has 1 fully saturated rings. The quantitative estimate of drug-likeness (QED) is 0.125. The maximum absolute atomic E-state index is 16.4. The van der Waals surface area contributed by atoms with E-state index in [1.54, 1.807) is 41.1 Å². The number of aliphatic hydroxyl groups is 1. The van der Waals surface area contributed by atoms with Gasteiger partial charge in [-0.3, -0.25) is 14.4 Å². The third-order valence-corrected chi connectivity index (χ3v) is 13.6. The molecule has 1 spiro atoms. The molecule has 9 nitrogen and oxygen atoms in total. The van der Waals surface area contributed by atoms with Gasteiger partial charge >= 0.3 is 0 Å². The zero-order valence-electron chi connectivity index (χ0n) is 30.6. The topological polar surface area (TPSA) is 103 Å². The minimum Gasteiger partial charge on any atom is -0.395 e. The third-order valence-electron chi connectivity index (χ3n) is 10.9. The summed E-state index contributed by atoms with van der Waals surface area (Å²) < 4.78 is 23.3. The van der Waals surface area contributed by atoms with E-state index in [1.807, 2.05) is 91.9 Å². The van der Waals surface area contributed by atoms with Gasteiger partial charge in [-0.05, 0) is 60.1 Å². The Labute approximate surface area is 321 Å². The van der Waals surface area contributed by atoms with E-state index in [9.17, 15) is 19.5 Å². The van der Waals surface area contributed by atoms with Gasteiger partial charge in [0.25, 0.3) is 5.91 Å². The molecule has 0 aromatic heterocycles. The molecule has 1 saturated heterocycles. The summed E-state index contributed by atoms with van der Waals surface area (Å²) in [6.45, 7) is 5.39. The van der Waals surface area contributed by atoms with Crippen molar-refractivity contribution in [1.29, 1.82) is 0 Å². The maximum Gasteiger partial charge on any atom is 0.264 e. The lowest BCUT2D eigenvalue weighted by Gasteiger charge is -2.31. The number of hydrogen-bond acceptors (Lipinski definition) is 6. The second-order valence-electron chi connectivity index (χ2n) is 14.8. The van der Waals surface area contributed by atoms with Gasteiger partial charge in [-0.15, -0.1) is 0 Å². The summed E-state index contributed by atoms with van der Waals surface area (Å²) in [5, 5.41) is 16.3. The van der Waals surface area contributed by atoms with E-state index >= 15 is 4.11 Å². The van der Waals surface area contributed by atoms with E-state index in [1.165, 1.54) is 5.01 Å². The summed E-state index contributed by atoms with van der Waals surface area (Å²) in [5.74, 6) is -1.33. The fourth-order valence-electron chi connectivity index (χ4n) is 8.41. The van der Waals surface area contributed by atoms with Gasteiger partial charge in [0.2, 0.25) is 20.2 Å². The molecular formula is C42H44ClFN4O5Si. The summed E-state index contributed by atoms with van der Waals surface area (Å²) in [5.41, 5.74) is 3.05. The highest BCUT2D eigenvalue weighted by atomic mass is 35.5. The van der Waals surface area contributed by atoms with Gasteiger partial charge in [-0.2, -0.15) is 5.10 Å². The monoisotopic (exact) mass is 766 g/mol. The predicted octanol–water partition coefficient (Wildman–Crippen LogP) is 7.60. The zero-order chi connectivity index (χ0) is 38.2. The maximum atomic E-state index is 16.4. The van der Waals surface area contributed by atoms with E-state index in [4.69, 9.17) is 16.3 Å². The first kappa shape index (κ1) is 37.6. The van der Waals surface area contributed by atoms with Crippen LogP contribution in [0.1, 0.15) is 48.4 Å². The number of rotatable bonds is 11. The van der Waals surface area contributed by atoms with Crippen molar-refractivity contribution in [3.05, 3.63) is 130 Å². The molecule has 280 valence electrons. The van der Waals surface area contributed by atoms with Crippen molar-refractivity contribution in [3.63, 3.8) is 0 Å². The van der Waals surface area contributed by atoms with Crippen LogP contribution in [0.2, 0.25) is 23.7 Å². The Balaban J connectivity index is 1.16. The molecule has 1 N–H and O–H groups in total. The number of anilines is 2. The number of aliphatic hydroxyl groups excluding tert-OH is 1. The molecule has 7 rings (SSSR count). The van der Waals surface area contributed by atoms with Crippen LogP contribution in [0.5, 0.6) is 0 Å². The Morgan fingerprint density at radius 3 is 2.33 bits per heavy atom. The third kappa shape index (κ3) is 7.13. The van der Waals surface area contributed by atoms with Crippen molar-refractivity contribution in [2.45, 2.75) is 69.6 Å². The summed E-state index contributed by atoms with van der Waals surface area (Å²) >= 11 is 6.56. The highest BCUT2D eigenvalue weighted by Gasteiger charge is 2.67. The molecule has 54 heavy (non-hydrogen) atoms. The summed E-state index contributed by atoms with van der Waals surface area (Å²) in [7, 11) is -3.55. The SMILES string of the molecule is C[C@H]1[C@H]([Si](C)(C)F)[C@@H](CC(=O)N(CCO)Cc2ccccc2)O[C@]12C(=O)N(Cc1ccc(N3N=C(c4ccccc4)CCC3=O)cc1)c1ccc(Cl)cc12. The Hall–Kier alpha value is -4.68. The second kappa shape index (κ2) is 15.2. The number of hydrazone groups is 1. The van der Waals surface area contributed by atoms with Crippen LogP contribution >= 0.6 is 11.6 Å². The summed E-state index contributed by atoms with van der Waals surface area (Å²) in [4.78, 5) is 44.9. The number of ether oxygens (including phenoxy) is 1. The molecule has 0 saturated carbocycles. The fraction of sp³-hybridized carbons (Fsp3) is 0.333. The number of carbonyl (C=O) groups excluding carboxylic acids is 3. The molecule has 4 atom stereocenters. The van der Waals surface area contributed by atoms with Gasteiger partial charge in [0.15, 0.2) is 5.60 Å². The molecule has 4 aromatic rings. The Morgan fingerprint density at radius 2 is 1.67 bits per heavy atom. The first-order chi connectivity index (χ1) is 25.9. The molecule has 0 bridgehead atoms. The molecule has 3 amide bonds. The van der Waals surface area contributed by atoms with Crippen LogP contribution in [0.15, 0.2) is 108 Å². The predicted molar refractivity (Wildman–Crippen MR) is 210 cm³/mol. The average Bonchev–Trinajstić information content (AvgIpc) is 3.58. The molecule has 3 aliphatic rings. The second-order valence-corrected chi connectivity index (χ2v) is 19.1. The van der Waals surface area contributed by atoms with Crippen LogP contribution in [0, 0.1) is 5.92 Å². The average molecular weight is 767 g/mol. The van der Waals surface area contributed by atoms with Crippen molar-refractivity contribution in [2.24, 2.45) is 11.0 Å². The van der Waals surface area contributed by atoms with E-state index in [0.717, 1.165) is 22.4 Å². The molecular weight excluding hydrogens is 723 g/mol. The number of fused-ring (bicyclic) bond motifs is 2. The molecule has 0 aliphatic carbocycles. The lowest BCUT2D eigenvalue weighted by Crippen LogP contribution is -2.45. The molecule has 0 unspecified atom stereocenters. The number of halogens is 2. The van der Waals surface area contributed by atoms with Crippen LogP contribution < -0.4 is 9.91 Å². The van der Waals surface area contributed by atoms with Crippen molar-refractivity contribution < 1.29 is 28.3 Å². The molecule has 3 heterocycles. The van der Waals surface area contributed by atoms with Crippen LogP contribution in [-0.2, 0) is 37.8 Å². The van der Waals surface area contributed by atoms with Gasteiger partial charge in [0.05, 0.1) is 42.8 Å². The first-order valence-corrected chi connectivity index (χ1v) is 21.7. The van der Waals surface area contributed by atoms with Gasteiger partial charge < -0.3 is 23.8 Å². The highest BCUT2D eigenvalue weighted by molar-refractivity contribution is 6.72. The van der Waals surface area contributed by atoms with Crippen molar-refractivity contribution in [3.8, 4) is 0 Å². The fourth-order valence-corrected chi connectivity index (χ4v) is 11.1. The number of carbonyl (C=O) groups is 3. The molecule has 12 heteroatoms. The number of amides is 3. The number of benzene rings is 4. The zero-order valence-corrected chi connectivity index (χ0v) is 32.4. The highest BCUT2D eigenvalue weighted by Crippen LogP contribution is 2.60. The lowest BCUT2D eigenvalue weighted by molar-refractivity contribution is -0.150. The Morgan fingerprint density at radius 1 is 0.981 bits per heavy atom. The van der Waals surface area contributed by atoms with Crippen molar-refractivity contribution in [2.75, 3.05) is 23.1 Å². The number of nitrogens with zero attached hydrogens (tertiary/aromatic N) is 4. The first-order valence-electron chi connectivity index (χ1n) is 18.4. The lowest BCUT2D eigenvalue weighted by atomic mass is 9.82. The van der Waals surface area contributed by atoms with E-state index in [0.29, 0.717) is 34.8 Å². The van der Waals surface area contributed by atoms with Gasteiger partial charge in [-0.1, -0.05) is 91.3 Å². The van der Waals surface area contributed by atoms with Gasteiger partial charge in [0, 0.05) is 48.0 Å². The summed E-state index contributed by atoms with van der Waals surface area (Å²) in [6, 6.07) is 31.9. The van der Waals surface area contributed by atoms with Crippen molar-refractivity contribution in [1.82, 2.24) is 4.90 Å². The minimum atomic E-state index is -3.55. The van der Waals surface area contributed by atoms with Crippen LogP contribution in [0.25, 0.3) is 0 Å². The smallest absolute Gasteiger partial charge is 0.264 e. The normalized spacial score (nSPS) is 22.5. The van der Waals surface area contributed by atoms with Crippen LogP contribution in [-0.4, -0.2) is 61.1 Å². The molecule has 0 radical (unpaired) electrons. The largest absolute Gasteiger partial charge is 0.395 e. The van der Waals surface area contributed by atoms with Gasteiger partial charge in [0.1, 0.15) is 0 Å². The van der Waals surface area contributed by atoms with Crippen molar-refractivity contribution >= 4 is 54.8 Å². The van der Waals surface area contributed by atoms with Crippen LogP contribution in [0.3, 0.4) is 0 Å². The molecule has 3 aliphatic heterocycles. The van der Waals surface area contributed by atoms with E-state index in [-0.39, 0.29) is 50.4 Å². The van der Waals surface area contributed by atoms with Gasteiger partial charge in [-0.25, -0.2) is 5.01 Å². The Kier molecular flexibility index (Phi) is 10.6. The standard InChI is InChI=1S/C42H44ClFN4O5Si/c1-28-40(54(2,3)44)37(25-39(51)46(22-23-49)26-29-10-6-4-7-11-29)53-42(28)34-24-32(43)16-20-36(34)47(41(42)52)27-30-14-17-33(18-15-30)48-38(50)21-19-35(45-48)31-12-8-5-9-13-31/h4-18,20,24,28,37,40,49H,19,21-23,25-27H2,1-3H3/t28-,37+,40-,42+/m0/s1.